The Morgan fingerprint density at radius 1 is 1.14 bits per heavy atom. The molecule has 2 amide bonds. The van der Waals surface area contributed by atoms with E-state index in [0.29, 0.717) is 54.6 Å². The van der Waals surface area contributed by atoms with Crippen molar-refractivity contribution in [1.29, 1.82) is 0 Å². The van der Waals surface area contributed by atoms with Gasteiger partial charge in [0.2, 0.25) is 5.91 Å². The number of hydrogen-bond donors (Lipinski definition) is 1. The van der Waals surface area contributed by atoms with Crippen LogP contribution in [0.1, 0.15) is 23.7 Å². The summed E-state index contributed by atoms with van der Waals surface area (Å²) in [6.07, 6.45) is 0.511. The average molecular weight is 481 g/mol. The molecule has 2 aromatic rings. The Hall–Kier alpha value is -2.25. The molecule has 3 rings (SSSR count). The van der Waals surface area contributed by atoms with Gasteiger partial charge < -0.3 is 19.9 Å². The van der Waals surface area contributed by atoms with Crippen LogP contribution in [-0.2, 0) is 4.79 Å². The van der Waals surface area contributed by atoms with E-state index in [1.54, 1.807) is 24.3 Å². The zero-order valence-electron chi connectivity index (χ0n) is 16.4. The van der Waals surface area contributed by atoms with Gasteiger partial charge in [-0.25, -0.2) is 0 Å². The summed E-state index contributed by atoms with van der Waals surface area (Å²) in [6.45, 7) is 4.56. The Kier molecular flexibility index (Phi) is 7.03. The Morgan fingerprint density at radius 3 is 2.52 bits per heavy atom. The number of methoxy groups -OCH3 is 1. The van der Waals surface area contributed by atoms with E-state index >= 15 is 0 Å². The maximum Gasteiger partial charge on any atom is 0.259 e. The monoisotopic (exact) mass is 479 g/mol. The predicted octanol–water partition coefficient (Wildman–Crippen LogP) is 4.42. The van der Waals surface area contributed by atoms with Crippen LogP contribution in [0.2, 0.25) is 5.02 Å². The first kappa shape index (κ1) is 21.5. The number of rotatable bonds is 5. The number of ether oxygens (including phenoxy) is 1. The fourth-order valence-corrected chi connectivity index (χ4v) is 3.88. The van der Waals surface area contributed by atoms with Crippen molar-refractivity contribution < 1.29 is 14.3 Å². The van der Waals surface area contributed by atoms with Gasteiger partial charge in [-0.2, -0.15) is 0 Å². The number of carbonyl (C=O) groups excluding carboxylic acids is 2. The van der Waals surface area contributed by atoms with Crippen LogP contribution in [0, 0.1) is 0 Å². The fourth-order valence-electron chi connectivity index (χ4n) is 3.35. The topological polar surface area (TPSA) is 61.9 Å². The Morgan fingerprint density at radius 2 is 1.86 bits per heavy atom. The minimum Gasteiger partial charge on any atom is -0.496 e. The zero-order chi connectivity index (χ0) is 21.0. The molecule has 0 atom stereocenters. The molecule has 1 aliphatic heterocycles. The molecule has 2 aromatic carbocycles. The largest absolute Gasteiger partial charge is 0.496 e. The first-order chi connectivity index (χ1) is 13.9. The van der Waals surface area contributed by atoms with E-state index in [1.807, 2.05) is 24.0 Å². The van der Waals surface area contributed by atoms with E-state index in [1.165, 1.54) is 7.11 Å². The van der Waals surface area contributed by atoms with Crippen molar-refractivity contribution in [1.82, 2.24) is 4.90 Å². The number of halogens is 2. The molecule has 154 valence electrons. The van der Waals surface area contributed by atoms with Gasteiger partial charge in [-0.15, -0.1) is 0 Å². The fraction of sp³-hybridized carbons (Fsp3) is 0.333. The quantitative estimate of drug-likeness (QED) is 0.688. The number of nitrogens with one attached hydrogen (secondary N) is 1. The average Bonchev–Trinajstić information content (AvgIpc) is 2.73. The van der Waals surface area contributed by atoms with E-state index in [0.717, 1.165) is 10.2 Å². The third kappa shape index (κ3) is 5.03. The van der Waals surface area contributed by atoms with E-state index in [2.05, 4.69) is 26.1 Å². The molecule has 1 fully saturated rings. The lowest BCUT2D eigenvalue weighted by molar-refractivity contribution is -0.131. The second-order valence-electron chi connectivity index (χ2n) is 6.68. The molecule has 1 N–H and O–H groups in total. The maximum atomic E-state index is 12.9. The minimum atomic E-state index is -0.286. The third-order valence-corrected chi connectivity index (χ3v) is 5.62. The Labute approximate surface area is 183 Å². The predicted molar refractivity (Wildman–Crippen MR) is 119 cm³/mol. The smallest absolute Gasteiger partial charge is 0.259 e. The van der Waals surface area contributed by atoms with Gasteiger partial charge >= 0.3 is 0 Å². The standard InChI is InChI=1S/C21H23BrClN3O3/c1-3-20(27)26-10-8-25(9-11-26)18-6-5-15(23)13-17(18)24-21(28)16-12-14(22)4-7-19(16)29-2/h4-7,12-13H,3,8-11H2,1-2H3,(H,24,28). The van der Waals surface area contributed by atoms with Crippen molar-refractivity contribution in [2.24, 2.45) is 0 Å². The van der Waals surface area contributed by atoms with Gasteiger partial charge in [0, 0.05) is 42.1 Å². The van der Waals surface area contributed by atoms with Gasteiger partial charge in [-0.3, -0.25) is 9.59 Å². The lowest BCUT2D eigenvalue weighted by Gasteiger charge is -2.37. The highest BCUT2D eigenvalue weighted by molar-refractivity contribution is 9.10. The Balaban J connectivity index is 1.82. The van der Waals surface area contributed by atoms with Crippen LogP contribution in [0.3, 0.4) is 0 Å². The van der Waals surface area contributed by atoms with Crippen molar-refractivity contribution in [3.63, 3.8) is 0 Å². The third-order valence-electron chi connectivity index (χ3n) is 4.89. The molecule has 1 aliphatic rings. The number of nitrogens with zero attached hydrogens (tertiary/aromatic N) is 2. The summed E-state index contributed by atoms with van der Waals surface area (Å²) in [5.41, 5.74) is 1.92. The molecule has 6 nitrogen and oxygen atoms in total. The molecule has 1 saturated heterocycles. The van der Waals surface area contributed by atoms with E-state index in [-0.39, 0.29) is 11.8 Å². The van der Waals surface area contributed by atoms with Gasteiger partial charge in [0.25, 0.3) is 5.91 Å². The summed E-state index contributed by atoms with van der Waals surface area (Å²) >= 11 is 9.59. The molecule has 0 aromatic heterocycles. The lowest BCUT2D eigenvalue weighted by Crippen LogP contribution is -2.48. The number of amides is 2. The SMILES string of the molecule is CCC(=O)N1CCN(c2ccc(Cl)cc2NC(=O)c2cc(Br)ccc2OC)CC1. The molecule has 1 heterocycles. The number of anilines is 2. The molecule has 0 bridgehead atoms. The minimum absolute atomic E-state index is 0.163. The van der Waals surface area contributed by atoms with Crippen LogP contribution in [0.25, 0.3) is 0 Å². The summed E-state index contributed by atoms with van der Waals surface area (Å²) in [4.78, 5) is 28.9. The molecule has 0 radical (unpaired) electrons. The van der Waals surface area contributed by atoms with E-state index < -0.39 is 0 Å². The van der Waals surface area contributed by atoms with Crippen LogP contribution in [0.4, 0.5) is 11.4 Å². The van der Waals surface area contributed by atoms with Crippen molar-refractivity contribution >= 4 is 50.7 Å². The van der Waals surface area contributed by atoms with E-state index in [4.69, 9.17) is 16.3 Å². The van der Waals surface area contributed by atoms with Crippen LogP contribution < -0.4 is 15.0 Å². The molecule has 0 unspecified atom stereocenters. The second-order valence-corrected chi connectivity index (χ2v) is 8.03. The van der Waals surface area contributed by atoms with Crippen molar-refractivity contribution in [3.05, 3.63) is 51.5 Å². The van der Waals surface area contributed by atoms with Gasteiger partial charge in [0.15, 0.2) is 0 Å². The molecule has 0 saturated carbocycles. The van der Waals surface area contributed by atoms with Crippen LogP contribution in [0.5, 0.6) is 5.75 Å². The van der Waals surface area contributed by atoms with Crippen molar-refractivity contribution in [2.75, 3.05) is 43.5 Å². The van der Waals surface area contributed by atoms with Crippen LogP contribution in [0.15, 0.2) is 40.9 Å². The van der Waals surface area contributed by atoms with Crippen molar-refractivity contribution in [3.8, 4) is 5.75 Å². The molecular weight excluding hydrogens is 458 g/mol. The highest BCUT2D eigenvalue weighted by Gasteiger charge is 2.23. The van der Waals surface area contributed by atoms with Gasteiger partial charge in [-0.1, -0.05) is 34.5 Å². The molecular formula is C21H23BrClN3O3. The Bertz CT molecular complexity index is 914. The molecule has 29 heavy (non-hydrogen) atoms. The second kappa shape index (κ2) is 9.50. The molecule has 0 aliphatic carbocycles. The maximum absolute atomic E-state index is 12.9. The highest BCUT2D eigenvalue weighted by atomic mass is 79.9. The lowest BCUT2D eigenvalue weighted by atomic mass is 10.1. The summed E-state index contributed by atoms with van der Waals surface area (Å²) in [6, 6.07) is 10.7. The normalized spacial score (nSPS) is 13.9. The number of carbonyl (C=O) groups is 2. The van der Waals surface area contributed by atoms with E-state index in [9.17, 15) is 9.59 Å². The summed E-state index contributed by atoms with van der Waals surface area (Å²) in [5, 5.41) is 3.50. The summed E-state index contributed by atoms with van der Waals surface area (Å²) in [7, 11) is 1.53. The van der Waals surface area contributed by atoms with Crippen LogP contribution >= 0.6 is 27.5 Å². The summed E-state index contributed by atoms with van der Waals surface area (Å²) < 4.78 is 6.10. The summed E-state index contributed by atoms with van der Waals surface area (Å²) in [5.74, 6) is 0.364. The molecule has 8 heteroatoms. The zero-order valence-corrected chi connectivity index (χ0v) is 18.7. The van der Waals surface area contributed by atoms with Gasteiger partial charge in [0.1, 0.15) is 5.75 Å². The molecule has 0 spiro atoms. The van der Waals surface area contributed by atoms with Crippen LogP contribution in [-0.4, -0.2) is 50.0 Å². The van der Waals surface area contributed by atoms with Crippen molar-refractivity contribution in [2.45, 2.75) is 13.3 Å². The number of piperazine rings is 1. The first-order valence-corrected chi connectivity index (χ1v) is 10.6. The number of benzene rings is 2. The van der Waals surface area contributed by atoms with Gasteiger partial charge in [-0.05, 0) is 36.4 Å². The first-order valence-electron chi connectivity index (χ1n) is 9.40. The number of hydrogen-bond acceptors (Lipinski definition) is 4. The van der Waals surface area contributed by atoms with Gasteiger partial charge in [0.05, 0.1) is 24.0 Å². The highest BCUT2D eigenvalue weighted by Crippen LogP contribution is 2.32.